The van der Waals surface area contributed by atoms with Gasteiger partial charge in [-0.05, 0) is 52.8 Å². The van der Waals surface area contributed by atoms with Crippen LogP contribution in [0.15, 0.2) is 48.5 Å². The number of halogens is 1. The van der Waals surface area contributed by atoms with E-state index in [4.69, 9.17) is 0 Å². The van der Waals surface area contributed by atoms with E-state index in [1.807, 2.05) is 44.2 Å². The van der Waals surface area contributed by atoms with E-state index in [9.17, 15) is 9.59 Å². The summed E-state index contributed by atoms with van der Waals surface area (Å²) in [5.41, 5.74) is 1.74. The molecule has 0 bridgehead atoms. The summed E-state index contributed by atoms with van der Waals surface area (Å²) in [4.78, 5) is 24.7. The highest BCUT2D eigenvalue weighted by Gasteiger charge is 2.16. The van der Waals surface area contributed by atoms with Crippen LogP contribution in [-0.2, 0) is 0 Å². The molecule has 0 saturated carbocycles. The predicted molar refractivity (Wildman–Crippen MR) is 97.3 cm³/mol. The Bertz CT molecular complexity index is 695. The first-order valence-corrected chi connectivity index (χ1v) is 8.25. The molecule has 0 saturated heterocycles. The van der Waals surface area contributed by atoms with E-state index in [2.05, 4.69) is 27.9 Å². The molecule has 0 aliphatic carbocycles. The fourth-order valence-corrected chi connectivity index (χ4v) is 2.78. The van der Waals surface area contributed by atoms with Crippen molar-refractivity contribution >= 4 is 40.0 Å². The van der Waals surface area contributed by atoms with Crippen molar-refractivity contribution in [1.29, 1.82) is 0 Å². The van der Waals surface area contributed by atoms with Gasteiger partial charge in [-0.3, -0.25) is 9.59 Å². The largest absolute Gasteiger partial charge is 0.321 e. The number of carbonyl (C=O) groups excluding carboxylic acids is 2. The number of hydrogen-bond acceptors (Lipinski definition) is 2. The lowest BCUT2D eigenvalue weighted by Crippen LogP contribution is -2.16. The topological polar surface area (TPSA) is 46.2 Å². The first-order chi connectivity index (χ1) is 10.5. The van der Waals surface area contributed by atoms with Crippen LogP contribution in [-0.4, -0.2) is 11.7 Å². The summed E-state index contributed by atoms with van der Waals surface area (Å²) in [6.07, 6.45) is 0.468. The summed E-state index contributed by atoms with van der Waals surface area (Å²) in [5, 5.41) is 2.86. The third-order valence-electron chi connectivity index (χ3n) is 3.19. The van der Waals surface area contributed by atoms with Crippen molar-refractivity contribution in [3.05, 3.63) is 63.2 Å². The van der Waals surface area contributed by atoms with E-state index >= 15 is 0 Å². The second kappa shape index (κ2) is 7.54. The van der Waals surface area contributed by atoms with Gasteiger partial charge in [0.15, 0.2) is 5.78 Å². The third-order valence-corrected chi connectivity index (χ3v) is 4.13. The lowest BCUT2D eigenvalue weighted by molar-refractivity contribution is 0.0968. The Labute approximate surface area is 144 Å². The van der Waals surface area contributed by atoms with Crippen LogP contribution in [0.25, 0.3) is 0 Å². The number of benzene rings is 2. The van der Waals surface area contributed by atoms with Gasteiger partial charge in [-0.25, -0.2) is 0 Å². The van der Waals surface area contributed by atoms with Gasteiger partial charge in [0.1, 0.15) is 0 Å². The normalized spacial score (nSPS) is 10.5. The second-order valence-corrected chi connectivity index (χ2v) is 6.66. The highest BCUT2D eigenvalue weighted by atomic mass is 127. The zero-order valence-electron chi connectivity index (χ0n) is 12.6. The number of amides is 1. The minimum atomic E-state index is -0.199. The number of rotatable bonds is 5. The number of nitrogens with one attached hydrogen (secondary N) is 1. The Morgan fingerprint density at radius 2 is 1.59 bits per heavy atom. The molecule has 0 fully saturated rings. The number of Topliss-reactive ketones (excluding diaryl/α,β-unsaturated/α-hetero) is 1. The third kappa shape index (κ3) is 4.16. The van der Waals surface area contributed by atoms with E-state index in [0.717, 1.165) is 3.57 Å². The number of ketones is 1. The van der Waals surface area contributed by atoms with E-state index in [1.54, 1.807) is 18.2 Å². The van der Waals surface area contributed by atoms with E-state index in [0.29, 0.717) is 23.2 Å². The predicted octanol–water partition coefficient (Wildman–Crippen LogP) is 4.77. The minimum absolute atomic E-state index is 0.0497. The molecule has 1 N–H and O–H groups in total. The van der Waals surface area contributed by atoms with Crippen LogP contribution in [0.2, 0.25) is 0 Å². The standard InChI is InChI=1S/C18H18INO2/c1-12(2)11-17(21)14-8-4-6-10-16(14)20-18(22)13-7-3-5-9-15(13)19/h3-10,12H,11H2,1-2H3,(H,20,22). The Kier molecular flexibility index (Phi) is 5.71. The molecule has 4 heteroatoms. The number of anilines is 1. The van der Waals surface area contributed by atoms with E-state index in [-0.39, 0.29) is 17.6 Å². The SMILES string of the molecule is CC(C)CC(=O)c1ccccc1NC(=O)c1ccccc1I. The smallest absolute Gasteiger partial charge is 0.256 e. The molecule has 2 aromatic rings. The molecule has 114 valence electrons. The van der Waals surface area contributed by atoms with Gasteiger partial charge in [-0.15, -0.1) is 0 Å². The summed E-state index contributed by atoms with van der Waals surface area (Å²) < 4.78 is 0.878. The van der Waals surface area contributed by atoms with Gasteiger partial charge in [-0.2, -0.15) is 0 Å². The zero-order chi connectivity index (χ0) is 16.1. The minimum Gasteiger partial charge on any atom is -0.321 e. The van der Waals surface area contributed by atoms with Crippen molar-refractivity contribution < 1.29 is 9.59 Å². The van der Waals surface area contributed by atoms with Gasteiger partial charge in [0.25, 0.3) is 5.91 Å². The average molecular weight is 407 g/mol. The molecule has 2 rings (SSSR count). The Balaban J connectivity index is 2.25. The van der Waals surface area contributed by atoms with Crippen LogP contribution in [0.1, 0.15) is 41.0 Å². The molecular weight excluding hydrogens is 389 g/mol. The molecule has 22 heavy (non-hydrogen) atoms. The molecule has 0 aromatic heterocycles. The Morgan fingerprint density at radius 3 is 2.23 bits per heavy atom. The summed E-state index contributed by atoms with van der Waals surface area (Å²) in [5.74, 6) is 0.134. The maximum absolute atomic E-state index is 12.4. The van der Waals surface area contributed by atoms with Crippen LogP contribution < -0.4 is 5.32 Å². The maximum atomic E-state index is 12.4. The number of para-hydroxylation sites is 1. The van der Waals surface area contributed by atoms with Crippen LogP contribution in [0.3, 0.4) is 0 Å². The highest BCUT2D eigenvalue weighted by molar-refractivity contribution is 14.1. The maximum Gasteiger partial charge on any atom is 0.256 e. The lowest BCUT2D eigenvalue weighted by atomic mass is 9.99. The summed E-state index contributed by atoms with van der Waals surface area (Å²) >= 11 is 2.13. The van der Waals surface area contributed by atoms with Gasteiger partial charge in [0, 0.05) is 15.6 Å². The van der Waals surface area contributed by atoms with Crippen LogP contribution >= 0.6 is 22.6 Å². The van der Waals surface area contributed by atoms with Crippen molar-refractivity contribution in [3.8, 4) is 0 Å². The molecule has 0 unspecified atom stereocenters. The molecule has 3 nitrogen and oxygen atoms in total. The summed E-state index contributed by atoms with van der Waals surface area (Å²) in [7, 11) is 0. The highest BCUT2D eigenvalue weighted by Crippen LogP contribution is 2.21. The van der Waals surface area contributed by atoms with Crippen molar-refractivity contribution in [2.45, 2.75) is 20.3 Å². The first-order valence-electron chi connectivity index (χ1n) is 7.17. The van der Waals surface area contributed by atoms with Gasteiger partial charge in [0.2, 0.25) is 0 Å². The van der Waals surface area contributed by atoms with Gasteiger partial charge in [-0.1, -0.05) is 38.1 Å². The molecule has 0 heterocycles. The lowest BCUT2D eigenvalue weighted by Gasteiger charge is -2.12. The Hall–Kier alpha value is -1.69. The molecule has 0 aliphatic rings. The monoisotopic (exact) mass is 407 g/mol. The molecule has 0 aliphatic heterocycles. The fraction of sp³-hybridized carbons (Fsp3) is 0.222. The van der Waals surface area contributed by atoms with Crippen molar-refractivity contribution in [2.24, 2.45) is 5.92 Å². The van der Waals surface area contributed by atoms with Crippen molar-refractivity contribution in [1.82, 2.24) is 0 Å². The van der Waals surface area contributed by atoms with Crippen LogP contribution in [0, 0.1) is 9.49 Å². The quantitative estimate of drug-likeness (QED) is 0.573. The van der Waals surface area contributed by atoms with E-state index in [1.165, 1.54) is 0 Å². The van der Waals surface area contributed by atoms with Crippen LogP contribution in [0.4, 0.5) is 5.69 Å². The van der Waals surface area contributed by atoms with Crippen molar-refractivity contribution in [2.75, 3.05) is 5.32 Å². The second-order valence-electron chi connectivity index (χ2n) is 5.50. The number of carbonyl (C=O) groups is 2. The molecule has 1 amide bonds. The summed E-state index contributed by atoms with van der Waals surface area (Å²) in [6, 6.07) is 14.5. The summed E-state index contributed by atoms with van der Waals surface area (Å²) in [6.45, 7) is 4.01. The zero-order valence-corrected chi connectivity index (χ0v) is 14.8. The molecular formula is C18H18INO2. The average Bonchev–Trinajstić information content (AvgIpc) is 2.47. The number of hydrogen-bond donors (Lipinski definition) is 1. The molecule has 0 spiro atoms. The van der Waals surface area contributed by atoms with Gasteiger partial charge < -0.3 is 5.32 Å². The van der Waals surface area contributed by atoms with Crippen molar-refractivity contribution in [3.63, 3.8) is 0 Å². The molecule has 0 atom stereocenters. The van der Waals surface area contributed by atoms with Gasteiger partial charge in [0.05, 0.1) is 11.3 Å². The van der Waals surface area contributed by atoms with E-state index < -0.39 is 0 Å². The molecule has 0 radical (unpaired) electrons. The molecule has 2 aromatic carbocycles. The Morgan fingerprint density at radius 1 is 1.00 bits per heavy atom. The fourth-order valence-electron chi connectivity index (χ4n) is 2.15. The van der Waals surface area contributed by atoms with Crippen LogP contribution in [0.5, 0.6) is 0 Å². The first kappa shape index (κ1) is 16.7. The van der Waals surface area contributed by atoms with Gasteiger partial charge >= 0.3 is 0 Å².